The first-order valence-electron chi connectivity index (χ1n) is 7.34. The minimum Gasteiger partial charge on any atom is -0.391 e. The normalized spacial score (nSPS) is 23.4. The van der Waals surface area contributed by atoms with Crippen LogP contribution in [-0.2, 0) is 0 Å². The van der Waals surface area contributed by atoms with Crippen molar-refractivity contribution in [1.29, 1.82) is 0 Å². The van der Waals surface area contributed by atoms with Gasteiger partial charge in [-0.3, -0.25) is 0 Å². The minimum atomic E-state index is -0.344. The van der Waals surface area contributed by atoms with Crippen molar-refractivity contribution in [3.63, 3.8) is 0 Å². The molecule has 2 unspecified atom stereocenters. The zero-order chi connectivity index (χ0) is 13.9. The lowest BCUT2D eigenvalue weighted by atomic mass is 10.1. The topological polar surface area (TPSA) is 64.1 Å². The molecule has 2 atom stereocenters. The van der Waals surface area contributed by atoms with Gasteiger partial charge < -0.3 is 10.8 Å². The Morgan fingerprint density at radius 3 is 2.65 bits per heavy atom. The second-order valence-corrected chi connectivity index (χ2v) is 5.54. The molecule has 2 aromatic rings. The van der Waals surface area contributed by atoms with Crippen LogP contribution in [-0.4, -0.2) is 21.0 Å². The van der Waals surface area contributed by atoms with E-state index in [1.807, 2.05) is 41.1 Å². The minimum absolute atomic E-state index is 0.00922. The van der Waals surface area contributed by atoms with Crippen LogP contribution in [0.15, 0.2) is 36.4 Å². The Balaban J connectivity index is 1.92. The van der Waals surface area contributed by atoms with Crippen LogP contribution >= 0.6 is 0 Å². The highest BCUT2D eigenvalue weighted by atomic mass is 16.3. The van der Waals surface area contributed by atoms with E-state index in [1.54, 1.807) is 0 Å². The van der Waals surface area contributed by atoms with Gasteiger partial charge in [-0.25, -0.2) is 4.68 Å². The van der Waals surface area contributed by atoms with Crippen LogP contribution in [0, 0.1) is 0 Å². The van der Waals surface area contributed by atoms with Crippen molar-refractivity contribution >= 4 is 5.82 Å². The van der Waals surface area contributed by atoms with Gasteiger partial charge in [-0.2, -0.15) is 5.10 Å². The summed E-state index contributed by atoms with van der Waals surface area (Å²) in [6.07, 6.45) is 4.83. The van der Waals surface area contributed by atoms with E-state index >= 15 is 0 Å². The Kier molecular flexibility index (Phi) is 3.74. The number of aliphatic hydroxyl groups is 1. The quantitative estimate of drug-likeness (QED) is 0.825. The number of aliphatic hydroxyl groups excluding tert-OH is 1. The van der Waals surface area contributed by atoms with Crippen LogP contribution in [0.25, 0.3) is 11.3 Å². The fourth-order valence-corrected chi connectivity index (χ4v) is 2.98. The lowest BCUT2D eigenvalue weighted by Crippen LogP contribution is -2.25. The van der Waals surface area contributed by atoms with Gasteiger partial charge in [-0.1, -0.05) is 49.6 Å². The van der Waals surface area contributed by atoms with E-state index in [9.17, 15) is 5.11 Å². The van der Waals surface area contributed by atoms with Gasteiger partial charge in [0.1, 0.15) is 5.82 Å². The molecule has 0 radical (unpaired) electrons. The molecule has 1 aromatic heterocycles. The number of hydrogen-bond donors (Lipinski definition) is 2. The molecule has 3 N–H and O–H groups in total. The molecular weight excluding hydrogens is 250 g/mol. The number of aromatic nitrogens is 2. The Bertz CT molecular complexity index is 564. The second-order valence-electron chi connectivity index (χ2n) is 5.54. The van der Waals surface area contributed by atoms with E-state index in [4.69, 9.17) is 5.73 Å². The molecule has 1 fully saturated rings. The highest BCUT2D eigenvalue weighted by Crippen LogP contribution is 2.31. The van der Waals surface area contributed by atoms with Gasteiger partial charge in [0.25, 0.3) is 0 Å². The number of rotatable bonds is 2. The van der Waals surface area contributed by atoms with Crippen LogP contribution < -0.4 is 5.73 Å². The SMILES string of the molecule is Nc1cc(-c2ccccc2)nn1C1CCCCCC1O. The smallest absolute Gasteiger partial charge is 0.122 e. The van der Waals surface area contributed by atoms with E-state index in [2.05, 4.69) is 5.10 Å². The first-order chi connectivity index (χ1) is 9.75. The molecule has 0 aliphatic heterocycles. The number of benzene rings is 1. The van der Waals surface area contributed by atoms with Gasteiger partial charge in [0, 0.05) is 11.6 Å². The van der Waals surface area contributed by atoms with Crippen LogP contribution in [0.5, 0.6) is 0 Å². The highest BCUT2D eigenvalue weighted by Gasteiger charge is 2.25. The van der Waals surface area contributed by atoms with E-state index in [-0.39, 0.29) is 12.1 Å². The standard InChI is InChI=1S/C16H21N3O/c17-16-11-13(12-7-3-1-4-8-12)18-19(16)14-9-5-2-6-10-15(14)20/h1,3-4,7-8,11,14-15,20H,2,5-6,9-10,17H2. The average molecular weight is 271 g/mol. The fraction of sp³-hybridized carbons (Fsp3) is 0.438. The zero-order valence-electron chi connectivity index (χ0n) is 11.6. The lowest BCUT2D eigenvalue weighted by molar-refractivity contribution is 0.100. The molecule has 4 nitrogen and oxygen atoms in total. The zero-order valence-corrected chi connectivity index (χ0v) is 11.6. The Labute approximate surface area is 119 Å². The van der Waals surface area contributed by atoms with Gasteiger partial charge in [0.15, 0.2) is 0 Å². The van der Waals surface area contributed by atoms with Crippen molar-refractivity contribution in [3.8, 4) is 11.3 Å². The van der Waals surface area contributed by atoms with E-state index in [0.29, 0.717) is 5.82 Å². The molecule has 1 saturated carbocycles. The molecule has 3 rings (SSSR count). The summed E-state index contributed by atoms with van der Waals surface area (Å²) in [6.45, 7) is 0. The van der Waals surface area contributed by atoms with Gasteiger partial charge in [-0.05, 0) is 12.8 Å². The van der Waals surface area contributed by atoms with E-state index in [0.717, 1.165) is 36.9 Å². The maximum atomic E-state index is 10.3. The Morgan fingerprint density at radius 1 is 1.10 bits per heavy atom. The summed E-state index contributed by atoms with van der Waals surface area (Å²) < 4.78 is 1.82. The van der Waals surface area contributed by atoms with Gasteiger partial charge in [-0.15, -0.1) is 0 Å². The largest absolute Gasteiger partial charge is 0.391 e. The Hall–Kier alpha value is -1.81. The van der Waals surface area contributed by atoms with Crippen molar-refractivity contribution < 1.29 is 5.11 Å². The maximum absolute atomic E-state index is 10.3. The van der Waals surface area contributed by atoms with Gasteiger partial charge in [0.2, 0.25) is 0 Å². The summed E-state index contributed by atoms with van der Waals surface area (Å²) in [7, 11) is 0. The molecule has 20 heavy (non-hydrogen) atoms. The first kappa shape index (κ1) is 13.2. The summed E-state index contributed by atoms with van der Waals surface area (Å²) in [4.78, 5) is 0. The van der Waals surface area contributed by atoms with Crippen molar-refractivity contribution in [3.05, 3.63) is 36.4 Å². The van der Waals surface area contributed by atoms with Crippen molar-refractivity contribution in [1.82, 2.24) is 9.78 Å². The molecule has 4 heteroatoms. The second kappa shape index (κ2) is 5.67. The molecule has 1 aliphatic carbocycles. The lowest BCUT2D eigenvalue weighted by Gasteiger charge is -2.21. The summed E-state index contributed by atoms with van der Waals surface area (Å²) in [5, 5.41) is 14.9. The Morgan fingerprint density at radius 2 is 1.85 bits per heavy atom. The van der Waals surface area contributed by atoms with Crippen LogP contribution in [0.3, 0.4) is 0 Å². The predicted molar refractivity (Wildman–Crippen MR) is 80.2 cm³/mol. The van der Waals surface area contributed by atoms with Crippen molar-refractivity contribution in [2.75, 3.05) is 5.73 Å². The van der Waals surface area contributed by atoms with Crippen LogP contribution in [0.4, 0.5) is 5.82 Å². The molecule has 0 bridgehead atoms. The molecule has 1 aromatic carbocycles. The van der Waals surface area contributed by atoms with Crippen molar-refractivity contribution in [2.45, 2.75) is 44.2 Å². The third-order valence-electron chi connectivity index (χ3n) is 4.09. The summed E-state index contributed by atoms with van der Waals surface area (Å²) in [5.74, 6) is 0.634. The molecule has 0 amide bonds. The number of hydrogen-bond acceptors (Lipinski definition) is 3. The predicted octanol–water partition coefficient (Wildman–Crippen LogP) is 3.00. The maximum Gasteiger partial charge on any atom is 0.122 e. The summed E-state index contributed by atoms with van der Waals surface area (Å²) in [5.41, 5.74) is 8.04. The number of nitrogen functional groups attached to an aromatic ring is 1. The van der Waals surface area contributed by atoms with E-state index < -0.39 is 0 Å². The molecule has 1 aliphatic rings. The molecular formula is C16H21N3O. The summed E-state index contributed by atoms with van der Waals surface area (Å²) in [6, 6.07) is 11.9. The number of anilines is 1. The summed E-state index contributed by atoms with van der Waals surface area (Å²) >= 11 is 0. The third-order valence-corrected chi connectivity index (χ3v) is 4.09. The van der Waals surface area contributed by atoms with Crippen molar-refractivity contribution in [2.24, 2.45) is 0 Å². The highest BCUT2D eigenvalue weighted by molar-refractivity contribution is 5.62. The average Bonchev–Trinajstić information content (AvgIpc) is 2.72. The van der Waals surface area contributed by atoms with Gasteiger partial charge >= 0.3 is 0 Å². The molecule has 106 valence electrons. The molecule has 1 heterocycles. The first-order valence-corrected chi connectivity index (χ1v) is 7.34. The van der Waals surface area contributed by atoms with Gasteiger partial charge in [0.05, 0.1) is 17.8 Å². The monoisotopic (exact) mass is 271 g/mol. The fourth-order valence-electron chi connectivity index (χ4n) is 2.98. The number of nitrogens with zero attached hydrogens (tertiary/aromatic N) is 2. The third kappa shape index (κ3) is 2.56. The van der Waals surface area contributed by atoms with E-state index in [1.165, 1.54) is 6.42 Å². The molecule has 0 spiro atoms. The number of nitrogens with two attached hydrogens (primary N) is 1. The van der Waals surface area contributed by atoms with Crippen LogP contribution in [0.2, 0.25) is 0 Å². The van der Waals surface area contributed by atoms with Crippen LogP contribution in [0.1, 0.15) is 38.1 Å². The molecule has 0 saturated heterocycles.